The molecule has 4 nitrogen and oxygen atoms in total. The summed E-state index contributed by atoms with van der Waals surface area (Å²) in [6, 6.07) is 0. The molecule has 0 radical (unpaired) electrons. The Kier molecular flexibility index (Phi) is 6.94. The van der Waals surface area contributed by atoms with Crippen molar-refractivity contribution in [2.75, 3.05) is 6.61 Å². The van der Waals surface area contributed by atoms with Gasteiger partial charge in [-0.1, -0.05) is 62.3 Å². The van der Waals surface area contributed by atoms with E-state index in [-0.39, 0.29) is 45.7 Å². The second-order valence-corrected chi connectivity index (χ2v) is 15.8. The number of aliphatic hydroxyl groups is 4. The topological polar surface area (TPSA) is 80.9 Å². The predicted octanol–water partition coefficient (Wildman–Crippen LogP) is 6.33. The van der Waals surface area contributed by atoms with Gasteiger partial charge in [0.15, 0.2) is 0 Å². The summed E-state index contributed by atoms with van der Waals surface area (Å²) < 4.78 is 0. The lowest BCUT2D eigenvalue weighted by atomic mass is 9.29. The van der Waals surface area contributed by atoms with Crippen molar-refractivity contribution in [3.05, 3.63) is 0 Å². The van der Waals surface area contributed by atoms with Crippen LogP contribution in [-0.2, 0) is 0 Å². The Bertz CT molecular complexity index is 838. The highest BCUT2D eigenvalue weighted by molar-refractivity contribution is 5.26. The van der Waals surface area contributed by atoms with Gasteiger partial charge >= 0.3 is 0 Å². The first-order chi connectivity index (χ1) is 16.5. The third-order valence-corrected chi connectivity index (χ3v) is 13.9. The number of fused-ring (bicyclic) bond motifs is 7. The Morgan fingerprint density at radius 3 is 1.92 bits per heavy atom. The lowest BCUT2D eigenvalue weighted by Crippen LogP contribution is -2.78. The van der Waals surface area contributed by atoms with Crippen LogP contribution >= 0.6 is 0 Å². The summed E-state index contributed by atoms with van der Waals surface area (Å²) in [5.74, 6) is 0.678. The Balaban J connectivity index is 0.00000148. The average Bonchev–Trinajstić information content (AvgIpc) is 2.82. The zero-order valence-corrected chi connectivity index (χ0v) is 25.0. The van der Waals surface area contributed by atoms with E-state index in [1.165, 1.54) is 0 Å². The van der Waals surface area contributed by atoms with E-state index < -0.39 is 17.1 Å². The summed E-state index contributed by atoms with van der Waals surface area (Å²) in [6.07, 6.45) is 8.26. The van der Waals surface area contributed by atoms with Gasteiger partial charge in [0.05, 0.1) is 17.8 Å². The first-order valence-corrected chi connectivity index (χ1v) is 15.2. The Labute approximate surface area is 221 Å². The summed E-state index contributed by atoms with van der Waals surface area (Å²) in [7, 11) is 0. The molecule has 0 spiro atoms. The first kappa shape index (κ1) is 28.8. The van der Waals surface area contributed by atoms with Gasteiger partial charge in [-0.3, -0.25) is 0 Å². The second-order valence-electron chi connectivity index (χ2n) is 15.8. The van der Waals surface area contributed by atoms with Crippen LogP contribution in [-0.4, -0.2) is 44.8 Å². The second kappa shape index (κ2) is 8.67. The van der Waals surface area contributed by atoms with Crippen LogP contribution in [0.2, 0.25) is 0 Å². The van der Waals surface area contributed by atoms with Crippen molar-refractivity contribution < 1.29 is 20.4 Å². The molecule has 5 saturated carbocycles. The van der Waals surface area contributed by atoms with Crippen LogP contribution in [0.1, 0.15) is 127 Å². The van der Waals surface area contributed by atoms with Crippen LogP contribution in [0.5, 0.6) is 0 Å². The molecule has 36 heavy (non-hydrogen) atoms. The van der Waals surface area contributed by atoms with Gasteiger partial charge in [0.2, 0.25) is 0 Å². The largest absolute Gasteiger partial charge is 0.396 e. The van der Waals surface area contributed by atoms with Crippen LogP contribution in [0.4, 0.5) is 0 Å². The molecule has 0 heterocycles. The van der Waals surface area contributed by atoms with Gasteiger partial charge in [0.25, 0.3) is 0 Å². The van der Waals surface area contributed by atoms with E-state index >= 15 is 0 Å². The van der Waals surface area contributed by atoms with Gasteiger partial charge in [-0.15, -0.1) is 0 Å². The van der Waals surface area contributed by atoms with Crippen molar-refractivity contribution in [2.45, 2.75) is 144 Å². The molecule has 0 aromatic carbocycles. The molecule has 10 atom stereocenters. The molecule has 0 saturated heterocycles. The van der Waals surface area contributed by atoms with E-state index in [2.05, 4.69) is 48.5 Å². The van der Waals surface area contributed by atoms with E-state index in [1.807, 2.05) is 13.8 Å². The minimum atomic E-state index is -1.18. The van der Waals surface area contributed by atoms with Gasteiger partial charge in [-0.25, -0.2) is 0 Å². The Morgan fingerprint density at radius 1 is 0.694 bits per heavy atom. The summed E-state index contributed by atoms with van der Waals surface area (Å²) in [6.45, 7) is 20.4. The minimum absolute atomic E-state index is 0.0540. The van der Waals surface area contributed by atoms with Gasteiger partial charge in [0, 0.05) is 12.0 Å². The van der Waals surface area contributed by atoms with E-state index in [0.29, 0.717) is 18.3 Å². The van der Waals surface area contributed by atoms with Crippen molar-refractivity contribution in [1.82, 2.24) is 0 Å². The Morgan fingerprint density at radius 2 is 1.31 bits per heavy atom. The standard InChI is InChI=1S/C30H52O4.C2H6/c1-24(2)12-14-29(18-31)15-13-28(7)27(6)11-8-19-25(3,4)22(32)9-10-26(19,5)20(27)16-23(33)30(28,34)21(29)17-24;1-2/h19-23,31-34H,8-18H2,1-7H3;1-2H3/t19?,20?,21?,22?,23?,26?,27?,28-,29?,30?;/m0./s1. The highest BCUT2D eigenvalue weighted by atomic mass is 16.3. The molecule has 210 valence electrons. The fourth-order valence-corrected chi connectivity index (χ4v) is 11.4. The van der Waals surface area contributed by atoms with E-state index in [1.54, 1.807) is 0 Å². The predicted molar refractivity (Wildman–Crippen MR) is 146 cm³/mol. The molecule has 0 aliphatic heterocycles. The zero-order valence-electron chi connectivity index (χ0n) is 25.0. The summed E-state index contributed by atoms with van der Waals surface area (Å²) in [4.78, 5) is 0. The minimum Gasteiger partial charge on any atom is -0.396 e. The molecule has 0 amide bonds. The van der Waals surface area contributed by atoms with E-state index in [0.717, 1.165) is 57.8 Å². The normalized spacial score (nSPS) is 55.1. The third-order valence-electron chi connectivity index (χ3n) is 13.9. The average molecular weight is 507 g/mol. The molecule has 9 unspecified atom stereocenters. The quantitative estimate of drug-likeness (QED) is 0.335. The third kappa shape index (κ3) is 3.38. The van der Waals surface area contributed by atoms with Gasteiger partial charge < -0.3 is 20.4 Å². The highest BCUT2D eigenvalue weighted by Gasteiger charge is 2.77. The molecule has 0 bridgehead atoms. The number of rotatable bonds is 1. The monoisotopic (exact) mass is 506 g/mol. The van der Waals surface area contributed by atoms with Crippen LogP contribution in [0.25, 0.3) is 0 Å². The van der Waals surface area contributed by atoms with E-state index in [4.69, 9.17) is 0 Å². The van der Waals surface area contributed by atoms with Gasteiger partial charge in [0.1, 0.15) is 0 Å². The van der Waals surface area contributed by atoms with Crippen molar-refractivity contribution >= 4 is 0 Å². The summed E-state index contributed by atoms with van der Waals surface area (Å²) in [5, 5.41) is 46.5. The van der Waals surface area contributed by atoms with Crippen LogP contribution in [0.3, 0.4) is 0 Å². The molecular formula is C32H58O4. The molecule has 5 rings (SSSR count). The maximum atomic E-state index is 12.9. The SMILES string of the molecule is CC.CC1(C)CCC2(CO)CC[C@@]3(C)C4(C)CCC5C(C)(C)C(O)CCC5(C)C4CC(O)C3(O)C2C1. The number of hydrogen-bond donors (Lipinski definition) is 4. The summed E-state index contributed by atoms with van der Waals surface area (Å²) in [5.41, 5.74) is -1.88. The lowest BCUT2D eigenvalue weighted by molar-refractivity contribution is -0.347. The van der Waals surface area contributed by atoms with Gasteiger partial charge in [-0.2, -0.15) is 0 Å². The molecule has 4 heteroatoms. The lowest BCUT2D eigenvalue weighted by Gasteiger charge is -2.76. The fourth-order valence-electron chi connectivity index (χ4n) is 11.4. The maximum absolute atomic E-state index is 12.9. The summed E-state index contributed by atoms with van der Waals surface area (Å²) >= 11 is 0. The smallest absolute Gasteiger partial charge is 0.0998 e. The molecule has 5 aliphatic carbocycles. The van der Waals surface area contributed by atoms with Gasteiger partial charge in [-0.05, 0) is 109 Å². The van der Waals surface area contributed by atoms with Crippen molar-refractivity contribution in [1.29, 1.82) is 0 Å². The number of aliphatic hydroxyl groups excluding tert-OH is 3. The highest BCUT2D eigenvalue weighted by Crippen LogP contribution is 2.77. The zero-order chi connectivity index (χ0) is 27.2. The first-order valence-electron chi connectivity index (χ1n) is 15.2. The maximum Gasteiger partial charge on any atom is 0.0998 e. The number of hydrogen-bond acceptors (Lipinski definition) is 4. The molecule has 0 aromatic heterocycles. The van der Waals surface area contributed by atoms with Crippen molar-refractivity contribution in [3.63, 3.8) is 0 Å². The van der Waals surface area contributed by atoms with Crippen molar-refractivity contribution in [3.8, 4) is 0 Å². The molecule has 4 N–H and O–H groups in total. The molecule has 0 aromatic rings. The van der Waals surface area contributed by atoms with E-state index in [9.17, 15) is 20.4 Å². The Hall–Kier alpha value is -0.160. The molecule has 5 aliphatic rings. The van der Waals surface area contributed by atoms with Crippen LogP contribution < -0.4 is 0 Å². The molecular weight excluding hydrogens is 448 g/mol. The van der Waals surface area contributed by atoms with Crippen LogP contribution in [0.15, 0.2) is 0 Å². The fraction of sp³-hybridized carbons (Fsp3) is 1.00. The van der Waals surface area contributed by atoms with Crippen molar-refractivity contribution in [2.24, 2.45) is 50.2 Å². The van der Waals surface area contributed by atoms with Crippen LogP contribution in [0, 0.1) is 50.2 Å². The molecule has 5 fully saturated rings.